The van der Waals surface area contributed by atoms with Gasteiger partial charge in [-0.25, -0.2) is 4.79 Å². The number of hydrogen-bond acceptors (Lipinski definition) is 3. The van der Waals surface area contributed by atoms with Crippen molar-refractivity contribution in [1.82, 2.24) is 0 Å². The Hall–Kier alpha value is -1.33. The molecule has 3 N–H and O–H groups in total. The number of carbonyl (C=O) groups is 1. The molecule has 1 aromatic heterocycles. The first-order chi connectivity index (χ1) is 8.97. The summed E-state index contributed by atoms with van der Waals surface area (Å²) in [6.07, 6.45) is 0.719. The lowest BCUT2D eigenvalue weighted by atomic mass is 10.0. The molecule has 0 aliphatic carbocycles. The van der Waals surface area contributed by atoms with Gasteiger partial charge in [-0.2, -0.15) is 0 Å². The first kappa shape index (κ1) is 14.1. The second-order valence-corrected chi connectivity index (χ2v) is 6.10. The highest BCUT2D eigenvalue weighted by atomic mass is 79.9. The summed E-state index contributed by atoms with van der Waals surface area (Å²) in [5.41, 5.74) is 9.41. The number of nitrogens with two attached hydrogens (primary N) is 1. The van der Waals surface area contributed by atoms with Crippen molar-refractivity contribution in [3.63, 3.8) is 0 Å². The predicted octanol–water partition coefficient (Wildman–Crippen LogP) is 4.33. The van der Waals surface area contributed by atoms with E-state index in [1.54, 1.807) is 0 Å². The third-order valence-corrected chi connectivity index (χ3v) is 5.24. The Morgan fingerprint density at radius 1 is 1.47 bits per heavy atom. The Morgan fingerprint density at radius 2 is 2.16 bits per heavy atom. The summed E-state index contributed by atoms with van der Waals surface area (Å²) in [7, 11) is 0. The molecule has 0 saturated heterocycles. The molecule has 1 aromatic carbocycles. The van der Waals surface area contributed by atoms with E-state index in [0.29, 0.717) is 5.69 Å². The van der Waals surface area contributed by atoms with Crippen LogP contribution in [0.4, 0.5) is 5.69 Å². The van der Waals surface area contributed by atoms with Crippen molar-refractivity contribution >= 4 is 38.9 Å². The lowest BCUT2D eigenvalue weighted by Gasteiger charge is -2.08. The van der Waals surface area contributed by atoms with Crippen molar-refractivity contribution in [1.29, 1.82) is 0 Å². The number of nitrogen functional groups attached to an aromatic ring is 1. The molecule has 0 atom stereocenters. The average Bonchev–Trinajstić information content (AvgIpc) is 2.69. The van der Waals surface area contributed by atoms with Crippen molar-refractivity contribution in [2.75, 3.05) is 5.73 Å². The highest BCUT2D eigenvalue weighted by Crippen LogP contribution is 2.41. The van der Waals surface area contributed by atoms with Gasteiger partial charge in [0.25, 0.3) is 0 Å². The molecule has 0 unspecified atom stereocenters. The Bertz CT molecular complexity index is 649. The van der Waals surface area contributed by atoms with Gasteiger partial charge in [-0.1, -0.05) is 35.0 Å². The fourth-order valence-electron chi connectivity index (χ4n) is 2.06. The molecule has 0 bridgehead atoms. The van der Waals surface area contributed by atoms with Crippen LogP contribution in [0.2, 0.25) is 0 Å². The molecule has 0 aliphatic rings. The van der Waals surface area contributed by atoms with Crippen molar-refractivity contribution in [2.45, 2.75) is 20.3 Å². The molecule has 0 radical (unpaired) electrons. The minimum absolute atomic E-state index is 0.228. The molecule has 0 fully saturated rings. The van der Waals surface area contributed by atoms with Gasteiger partial charge in [-0.15, -0.1) is 11.3 Å². The fourth-order valence-corrected chi connectivity index (χ4v) is 3.66. The van der Waals surface area contributed by atoms with Gasteiger partial charge in [-0.05, 0) is 36.1 Å². The van der Waals surface area contributed by atoms with Crippen LogP contribution in [0.5, 0.6) is 0 Å². The second kappa shape index (κ2) is 5.35. The van der Waals surface area contributed by atoms with Gasteiger partial charge in [0.15, 0.2) is 0 Å². The predicted molar refractivity (Wildman–Crippen MR) is 82.9 cm³/mol. The zero-order valence-corrected chi connectivity index (χ0v) is 13.1. The Balaban J connectivity index is 2.72. The molecule has 1 heterocycles. The molecule has 3 nitrogen and oxygen atoms in total. The van der Waals surface area contributed by atoms with Gasteiger partial charge in [0.05, 0.1) is 5.69 Å². The molecule has 2 rings (SSSR count). The smallest absolute Gasteiger partial charge is 0.348 e. The van der Waals surface area contributed by atoms with Crippen LogP contribution in [0.15, 0.2) is 22.7 Å². The lowest BCUT2D eigenvalue weighted by Crippen LogP contribution is -1.99. The van der Waals surface area contributed by atoms with E-state index in [-0.39, 0.29) is 4.88 Å². The first-order valence-electron chi connectivity index (χ1n) is 5.87. The van der Waals surface area contributed by atoms with Crippen LogP contribution in [0.1, 0.15) is 27.7 Å². The summed E-state index contributed by atoms with van der Waals surface area (Å²) in [4.78, 5) is 12.4. The van der Waals surface area contributed by atoms with Crippen LogP contribution < -0.4 is 5.73 Å². The topological polar surface area (TPSA) is 63.3 Å². The number of rotatable bonds is 3. The summed E-state index contributed by atoms with van der Waals surface area (Å²) in [6.45, 7) is 4.00. The van der Waals surface area contributed by atoms with E-state index in [2.05, 4.69) is 15.9 Å². The summed E-state index contributed by atoms with van der Waals surface area (Å²) < 4.78 is 1.01. The number of benzene rings is 1. The van der Waals surface area contributed by atoms with E-state index < -0.39 is 5.97 Å². The third-order valence-electron chi connectivity index (χ3n) is 3.11. The Kier molecular flexibility index (Phi) is 3.96. The van der Waals surface area contributed by atoms with Crippen LogP contribution >= 0.6 is 27.3 Å². The third kappa shape index (κ3) is 2.40. The number of carboxylic acid groups (broad SMARTS) is 1. The Morgan fingerprint density at radius 3 is 2.74 bits per heavy atom. The number of aromatic carboxylic acids is 1. The summed E-state index contributed by atoms with van der Waals surface area (Å²) in [5, 5.41) is 9.19. The molecule has 0 amide bonds. The van der Waals surface area contributed by atoms with Crippen LogP contribution in [-0.2, 0) is 6.42 Å². The van der Waals surface area contributed by atoms with Crippen LogP contribution in [-0.4, -0.2) is 11.1 Å². The summed E-state index contributed by atoms with van der Waals surface area (Å²) in [6, 6.07) is 5.91. The molecule has 100 valence electrons. The fraction of sp³-hybridized carbons (Fsp3) is 0.214. The lowest BCUT2D eigenvalue weighted by molar-refractivity contribution is 0.0703. The minimum Gasteiger partial charge on any atom is -0.477 e. The number of hydrogen-bond donors (Lipinski definition) is 2. The maximum atomic E-state index is 11.2. The second-order valence-electron chi connectivity index (χ2n) is 4.22. The van der Waals surface area contributed by atoms with Gasteiger partial charge in [0.1, 0.15) is 4.88 Å². The van der Waals surface area contributed by atoms with Gasteiger partial charge in [-0.3, -0.25) is 0 Å². The van der Waals surface area contributed by atoms with Crippen molar-refractivity contribution < 1.29 is 9.90 Å². The number of carboxylic acids is 1. The average molecular weight is 340 g/mol. The van der Waals surface area contributed by atoms with Crippen molar-refractivity contribution in [2.24, 2.45) is 0 Å². The molecule has 0 aliphatic heterocycles. The van der Waals surface area contributed by atoms with E-state index >= 15 is 0 Å². The van der Waals surface area contributed by atoms with Gasteiger partial charge < -0.3 is 10.8 Å². The van der Waals surface area contributed by atoms with E-state index in [1.165, 1.54) is 11.3 Å². The van der Waals surface area contributed by atoms with Gasteiger partial charge in [0, 0.05) is 9.35 Å². The zero-order chi connectivity index (χ0) is 14.2. The zero-order valence-electron chi connectivity index (χ0n) is 10.7. The van der Waals surface area contributed by atoms with Crippen LogP contribution in [0.3, 0.4) is 0 Å². The van der Waals surface area contributed by atoms with E-state index in [1.807, 2.05) is 32.0 Å². The number of thiophene rings is 1. The molecular formula is C14H14BrNO2S. The largest absolute Gasteiger partial charge is 0.477 e. The minimum atomic E-state index is -0.962. The van der Waals surface area contributed by atoms with E-state index in [0.717, 1.165) is 32.5 Å². The van der Waals surface area contributed by atoms with Crippen LogP contribution in [0.25, 0.3) is 10.4 Å². The molecular weight excluding hydrogens is 326 g/mol. The maximum Gasteiger partial charge on any atom is 0.348 e. The van der Waals surface area contributed by atoms with E-state index in [9.17, 15) is 9.90 Å². The molecule has 0 saturated carbocycles. The highest BCUT2D eigenvalue weighted by molar-refractivity contribution is 9.10. The monoisotopic (exact) mass is 339 g/mol. The summed E-state index contributed by atoms with van der Waals surface area (Å²) >= 11 is 4.75. The van der Waals surface area contributed by atoms with Crippen molar-refractivity contribution in [3.05, 3.63) is 38.7 Å². The SMILES string of the molecule is CCc1c(-c2cccc(Br)c2C)sc(C(=O)O)c1N. The normalized spacial score (nSPS) is 10.7. The van der Waals surface area contributed by atoms with Gasteiger partial charge in [0.2, 0.25) is 0 Å². The number of anilines is 1. The molecule has 2 aromatic rings. The molecule has 0 spiro atoms. The molecule has 5 heteroatoms. The highest BCUT2D eigenvalue weighted by Gasteiger charge is 2.21. The quantitative estimate of drug-likeness (QED) is 0.874. The van der Waals surface area contributed by atoms with Crippen molar-refractivity contribution in [3.8, 4) is 10.4 Å². The Labute approximate surface area is 124 Å². The number of halogens is 1. The standard InChI is InChI=1S/C14H14BrNO2S/c1-3-8-11(16)13(14(17)18)19-12(8)9-5-4-6-10(15)7(9)2/h4-6H,3,16H2,1-2H3,(H,17,18). The van der Waals surface area contributed by atoms with Gasteiger partial charge >= 0.3 is 5.97 Å². The maximum absolute atomic E-state index is 11.2. The first-order valence-corrected chi connectivity index (χ1v) is 7.48. The van der Waals surface area contributed by atoms with E-state index in [4.69, 9.17) is 5.73 Å². The molecule has 19 heavy (non-hydrogen) atoms. The van der Waals surface area contributed by atoms with Crippen LogP contribution in [0, 0.1) is 6.92 Å². The summed E-state index contributed by atoms with van der Waals surface area (Å²) in [5.74, 6) is -0.962.